The van der Waals surface area contributed by atoms with Gasteiger partial charge in [-0.15, -0.1) is 0 Å². The largest absolute Gasteiger partial charge is 0.461 e. The molecule has 0 N–H and O–H groups in total. The SMILES string of the molecule is C=C1C(=O)OC2C=C(COC(C)=O)CCC=C(COC(C)=O)CCC12. The van der Waals surface area contributed by atoms with Gasteiger partial charge in [-0.3, -0.25) is 9.59 Å². The van der Waals surface area contributed by atoms with E-state index in [1.807, 2.05) is 12.2 Å². The van der Waals surface area contributed by atoms with Crippen molar-refractivity contribution < 1.29 is 28.6 Å². The fourth-order valence-corrected chi connectivity index (χ4v) is 2.98. The quantitative estimate of drug-likeness (QED) is 0.336. The van der Waals surface area contributed by atoms with Crippen molar-refractivity contribution in [3.63, 3.8) is 0 Å². The van der Waals surface area contributed by atoms with Crippen molar-refractivity contribution in [2.24, 2.45) is 5.92 Å². The van der Waals surface area contributed by atoms with Crippen LogP contribution in [0.15, 0.2) is 35.5 Å². The standard InChI is InChI=1S/C19H24O6/c1-12-17-8-7-15(10-23-13(2)20)5-4-6-16(11-24-14(3)21)9-18(17)25-19(12)22/h5,9,17-18H,1,4,6-8,10-11H2,2-3H3. The number of allylic oxidation sites excluding steroid dienone is 1. The van der Waals surface area contributed by atoms with Gasteiger partial charge in [0.1, 0.15) is 19.3 Å². The average Bonchev–Trinajstić information content (AvgIpc) is 2.81. The second-order valence-corrected chi connectivity index (χ2v) is 6.33. The highest BCUT2D eigenvalue weighted by molar-refractivity contribution is 5.91. The molecular weight excluding hydrogens is 324 g/mol. The molecule has 0 saturated carbocycles. The number of hydrogen-bond donors (Lipinski definition) is 0. The third kappa shape index (κ3) is 5.59. The fourth-order valence-electron chi connectivity index (χ4n) is 2.98. The lowest BCUT2D eigenvalue weighted by atomic mass is 9.88. The van der Waals surface area contributed by atoms with Crippen molar-refractivity contribution in [1.82, 2.24) is 0 Å². The maximum Gasteiger partial charge on any atom is 0.334 e. The van der Waals surface area contributed by atoms with Gasteiger partial charge in [-0.2, -0.15) is 0 Å². The molecule has 6 heteroatoms. The first kappa shape index (κ1) is 19.0. The molecule has 1 aliphatic heterocycles. The molecule has 0 bridgehead atoms. The van der Waals surface area contributed by atoms with Gasteiger partial charge in [0.2, 0.25) is 0 Å². The summed E-state index contributed by atoms with van der Waals surface area (Å²) in [4.78, 5) is 34.0. The van der Waals surface area contributed by atoms with E-state index in [4.69, 9.17) is 14.2 Å². The van der Waals surface area contributed by atoms with Gasteiger partial charge in [0.05, 0.1) is 0 Å². The van der Waals surface area contributed by atoms with Gasteiger partial charge in [0.15, 0.2) is 0 Å². The van der Waals surface area contributed by atoms with E-state index in [2.05, 4.69) is 6.58 Å². The van der Waals surface area contributed by atoms with Crippen LogP contribution in [-0.4, -0.2) is 37.2 Å². The van der Waals surface area contributed by atoms with Crippen molar-refractivity contribution in [3.05, 3.63) is 35.5 Å². The lowest BCUT2D eigenvalue weighted by molar-refractivity contribution is -0.141. The van der Waals surface area contributed by atoms with Gasteiger partial charge in [-0.1, -0.05) is 12.7 Å². The summed E-state index contributed by atoms with van der Waals surface area (Å²) in [5.41, 5.74) is 2.37. The summed E-state index contributed by atoms with van der Waals surface area (Å²) in [6.07, 6.45) is 6.33. The molecule has 2 aliphatic rings. The topological polar surface area (TPSA) is 78.9 Å². The Labute approximate surface area is 147 Å². The lowest BCUT2D eigenvalue weighted by Gasteiger charge is -2.19. The molecule has 136 valence electrons. The van der Waals surface area contributed by atoms with E-state index in [-0.39, 0.29) is 37.0 Å². The zero-order valence-electron chi connectivity index (χ0n) is 14.7. The second kappa shape index (κ2) is 8.65. The molecule has 1 saturated heterocycles. The minimum atomic E-state index is -0.390. The summed E-state index contributed by atoms with van der Waals surface area (Å²) in [5.74, 6) is -1.19. The monoisotopic (exact) mass is 348 g/mol. The number of carbonyl (C=O) groups is 3. The van der Waals surface area contributed by atoms with Crippen LogP contribution in [0.2, 0.25) is 0 Å². The number of rotatable bonds is 4. The van der Waals surface area contributed by atoms with Crippen molar-refractivity contribution >= 4 is 17.9 Å². The predicted molar refractivity (Wildman–Crippen MR) is 90.4 cm³/mol. The van der Waals surface area contributed by atoms with E-state index in [0.29, 0.717) is 24.8 Å². The van der Waals surface area contributed by atoms with Crippen LogP contribution < -0.4 is 0 Å². The molecule has 0 spiro atoms. The first-order valence-corrected chi connectivity index (χ1v) is 8.40. The summed E-state index contributed by atoms with van der Waals surface area (Å²) < 4.78 is 15.6. The molecule has 25 heavy (non-hydrogen) atoms. The summed E-state index contributed by atoms with van der Waals surface area (Å²) in [5, 5.41) is 0. The van der Waals surface area contributed by atoms with Crippen molar-refractivity contribution in [3.8, 4) is 0 Å². The van der Waals surface area contributed by atoms with Gasteiger partial charge in [-0.25, -0.2) is 4.79 Å². The maximum atomic E-state index is 11.9. The normalized spacial score (nSPS) is 23.8. The zero-order valence-corrected chi connectivity index (χ0v) is 14.7. The van der Waals surface area contributed by atoms with Gasteiger partial charge in [-0.05, 0) is 42.9 Å². The summed E-state index contributed by atoms with van der Waals surface area (Å²) >= 11 is 0. The summed E-state index contributed by atoms with van der Waals surface area (Å²) in [6, 6.07) is 0. The molecule has 1 heterocycles. The molecule has 0 aromatic rings. The lowest BCUT2D eigenvalue weighted by Crippen LogP contribution is -2.17. The Balaban J connectivity index is 2.18. The van der Waals surface area contributed by atoms with Gasteiger partial charge in [0.25, 0.3) is 0 Å². The number of carbonyl (C=O) groups excluding carboxylic acids is 3. The molecule has 2 unspecified atom stereocenters. The number of ether oxygens (including phenoxy) is 3. The molecule has 0 amide bonds. The van der Waals surface area contributed by atoms with Crippen LogP contribution >= 0.6 is 0 Å². The maximum absolute atomic E-state index is 11.9. The molecule has 1 aliphatic carbocycles. The second-order valence-electron chi connectivity index (χ2n) is 6.33. The van der Waals surface area contributed by atoms with E-state index in [1.165, 1.54) is 13.8 Å². The number of esters is 3. The molecule has 0 radical (unpaired) electrons. The number of fused-ring (bicyclic) bond motifs is 1. The van der Waals surface area contributed by atoms with Crippen LogP contribution in [0.5, 0.6) is 0 Å². The molecule has 2 atom stereocenters. The third-order valence-electron chi connectivity index (χ3n) is 4.35. The first-order valence-electron chi connectivity index (χ1n) is 8.40. The van der Waals surface area contributed by atoms with Crippen molar-refractivity contribution in [2.45, 2.75) is 45.6 Å². The Bertz CT molecular complexity index is 628. The summed E-state index contributed by atoms with van der Waals surface area (Å²) in [7, 11) is 0. The van der Waals surface area contributed by atoms with E-state index < -0.39 is 6.10 Å². The molecule has 1 fully saturated rings. The smallest absolute Gasteiger partial charge is 0.334 e. The highest BCUT2D eigenvalue weighted by Crippen LogP contribution is 2.34. The third-order valence-corrected chi connectivity index (χ3v) is 4.35. The Morgan fingerprint density at radius 1 is 1.16 bits per heavy atom. The summed E-state index contributed by atoms with van der Waals surface area (Å²) in [6.45, 7) is 7.01. The first-order chi connectivity index (χ1) is 11.9. The average molecular weight is 348 g/mol. The molecule has 0 aromatic heterocycles. The van der Waals surface area contributed by atoms with Gasteiger partial charge >= 0.3 is 17.9 Å². The molecular formula is C19H24O6. The van der Waals surface area contributed by atoms with Crippen LogP contribution in [0.4, 0.5) is 0 Å². The van der Waals surface area contributed by atoms with E-state index in [1.54, 1.807) is 0 Å². The highest BCUT2D eigenvalue weighted by Gasteiger charge is 2.37. The molecule has 6 nitrogen and oxygen atoms in total. The fraction of sp³-hybridized carbons (Fsp3) is 0.526. The van der Waals surface area contributed by atoms with E-state index in [0.717, 1.165) is 17.6 Å². The van der Waals surface area contributed by atoms with Crippen LogP contribution in [-0.2, 0) is 28.6 Å². The van der Waals surface area contributed by atoms with Crippen LogP contribution in [0.25, 0.3) is 0 Å². The molecule has 2 rings (SSSR count). The Kier molecular flexibility index (Phi) is 6.56. The zero-order chi connectivity index (χ0) is 18.4. The molecule has 0 aromatic carbocycles. The van der Waals surface area contributed by atoms with Crippen molar-refractivity contribution in [2.75, 3.05) is 13.2 Å². The van der Waals surface area contributed by atoms with E-state index >= 15 is 0 Å². The Morgan fingerprint density at radius 3 is 2.44 bits per heavy atom. The minimum Gasteiger partial charge on any atom is -0.461 e. The highest BCUT2D eigenvalue weighted by atomic mass is 16.6. The van der Waals surface area contributed by atoms with Gasteiger partial charge < -0.3 is 14.2 Å². The minimum absolute atomic E-state index is 0.126. The van der Waals surface area contributed by atoms with Crippen molar-refractivity contribution in [1.29, 1.82) is 0 Å². The predicted octanol–water partition coefficient (Wildman–Crippen LogP) is 2.64. The number of hydrogen-bond acceptors (Lipinski definition) is 6. The Morgan fingerprint density at radius 2 is 1.80 bits per heavy atom. The van der Waals surface area contributed by atoms with Crippen LogP contribution in [0, 0.1) is 5.92 Å². The van der Waals surface area contributed by atoms with E-state index in [9.17, 15) is 14.4 Å². The Hall–Kier alpha value is -2.37. The van der Waals surface area contributed by atoms with Gasteiger partial charge in [0, 0.05) is 25.3 Å². The van der Waals surface area contributed by atoms with Crippen LogP contribution in [0.3, 0.4) is 0 Å². The van der Waals surface area contributed by atoms with Crippen LogP contribution in [0.1, 0.15) is 39.5 Å².